The van der Waals surface area contributed by atoms with Crippen molar-refractivity contribution in [2.75, 3.05) is 0 Å². The number of rotatable bonds is 4. The molecule has 0 bridgehead atoms. The summed E-state index contributed by atoms with van der Waals surface area (Å²) in [5.41, 5.74) is 3.21. The van der Waals surface area contributed by atoms with Crippen molar-refractivity contribution in [2.24, 2.45) is 0 Å². The van der Waals surface area contributed by atoms with E-state index in [9.17, 15) is 0 Å². The molecule has 1 nitrogen and oxygen atoms in total. The third-order valence-electron chi connectivity index (χ3n) is 4.72. The van der Waals surface area contributed by atoms with Gasteiger partial charge in [0.1, 0.15) is 0 Å². The fourth-order valence-electron chi connectivity index (χ4n) is 3.74. The molecule has 0 aromatic heterocycles. The summed E-state index contributed by atoms with van der Waals surface area (Å²) in [6.45, 7) is 16.4. The van der Waals surface area contributed by atoms with E-state index in [2.05, 4.69) is 74.5 Å². The zero-order chi connectivity index (χ0) is 15.0. The van der Waals surface area contributed by atoms with Gasteiger partial charge < -0.3 is 0 Å². The molecule has 3 heteroatoms. The van der Waals surface area contributed by atoms with Crippen molar-refractivity contribution in [1.29, 1.82) is 0 Å². The van der Waals surface area contributed by atoms with E-state index in [4.69, 9.17) is 0 Å². The summed E-state index contributed by atoms with van der Waals surface area (Å²) >= 11 is 0. The van der Waals surface area contributed by atoms with Crippen LogP contribution >= 0.6 is 0 Å². The van der Waals surface area contributed by atoms with Crippen LogP contribution < -0.4 is 0 Å². The summed E-state index contributed by atoms with van der Waals surface area (Å²) in [5.74, 6) is 0. The van der Waals surface area contributed by atoms with E-state index in [1.165, 1.54) is 18.4 Å². The van der Waals surface area contributed by atoms with E-state index in [-0.39, 0.29) is 0 Å². The molecule has 0 radical (unpaired) electrons. The molecule has 0 unspecified atom stereocenters. The number of hydrogen-bond donors (Lipinski definition) is 0. The predicted molar refractivity (Wildman–Crippen MR) is 95.5 cm³/mol. The van der Waals surface area contributed by atoms with Crippen molar-refractivity contribution in [3.8, 4) is 0 Å². The summed E-state index contributed by atoms with van der Waals surface area (Å²) in [6.07, 6.45) is 2.86. The fourth-order valence-corrected chi connectivity index (χ4v) is 8.49. The standard InChI is InChI=1S/C17H31NSi2/c1-19(2,3)16-12-13-17(20(4,5)6)18(16)14-15-10-8-7-9-11-15/h7-11,16-17H,12-14H2,1-6H3/t16-,17+. The molecular weight excluding hydrogens is 274 g/mol. The van der Waals surface area contributed by atoms with Crippen LogP contribution in [0.5, 0.6) is 0 Å². The first-order valence-electron chi connectivity index (χ1n) is 7.99. The largest absolute Gasteiger partial charge is 0.299 e. The maximum Gasteiger partial charge on any atom is 0.0638 e. The molecule has 1 fully saturated rings. The Morgan fingerprint density at radius 3 is 1.70 bits per heavy atom. The van der Waals surface area contributed by atoms with Gasteiger partial charge in [0, 0.05) is 17.9 Å². The van der Waals surface area contributed by atoms with Gasteiger partial charge in [-0.25, -0.2) is 0 Å². The van der Waals surface area contributed by atoms with Gasteiger partial charge in [-0.3, -0.25) is 4.90 Å². The molecule has 112 valence electrons. The lowest BCUT2D eigenvalue weighted by Crippen LogP contribution is -2.55. The Morgan fingerprint density at radius 2 is 1.30 bits per heavy atom. The molecule has 0 N–H and O–H groups in total. The Balaban J connectivity index is 2.25. The van der Waals surface area contributed by atoms with Crippen LogP contribution in [0.3, 0.4) is 0 Å². The van der Waals surface area contributed by atoms with Crippen LogP contribution in [0.15, 0.2) is 30.3 Å². The third kappa shape index (κ3) is 3.63. The fraction of sp³-hybridized carbons (Fsp3) is 0.647. The number of likely N-dealkylation sites (tertiary alicyclic amines) is 1. The normalized spacial score (nSPS) is 25.1. The van der Waals surface area contributed by atoms with E-state index < -0.39 is 16.1 Å². The van der Waals surface area contributed by atoms with Gasteiger partial charge in [-0.1, -0.05) is 69.6 Å². The highest BCUT2D eigenvalue weighted by atomic mass is 28.3. The average molecular weight is 306 g/mol. The van der Waals surface area contributed by atoms with Crippen LogP contribution in [0, 0.1) is 0 Å². The summed E-state index contributed by atoms with van der Waals surface area (Å²) in [7, 11) is -2.23. The van der Waals surface area contributed by atoms with Crippen LogP contribution in [0.25, 0.3) is 0 Å². The molecule has 1 aliphatic rings. The highest BCUT2D eigenvalue weighted by Crippen LogP contribution is 2.36. The Hall–Kier alpha value is -0.386. The van der Waals surface area contributed by atoms with E-state index in [0.717, 1.165) is 17.9 Å². The van der Waals surface area contributed by atoms with Gasteiger partial charge in [0.25, 0.3) is 0 Å². The van der Waals surface area contributed by atoms with E-state index >= 15 is 0 Å². The average Bonchev–Trinajstić information content (AvgIpc) is 2.73. The van der Waals surface area contributed by atoms with Gasteiger partial charge >= 0.3 is 0 Å². The number of hydrogen-bond acceptors (Lipinski definition) is 1. The summed E-state index contributed by atoms with van der Waals surface area (Å²) in [4.78, 5) is 2.90. The topological polar surface area (TPSA) is 3.24 Å². The molecule has 0 spiro atoms. The van der Waals surface area contributed by atoms with Crippen molar-refractivity contribution in [2.45, 2.75) is 70.0 Å². The van der Waals surface area contributed by atoms with Gasteiger partial charge in [0.05, 0.1) is 16.1 Å². The van der Waals surface area contributed by atoms with E-state index in [1.807, 2.05) is 0 Å². The number of nitrogens with zero attached hydrogens (tertiary/aromatic N) is 1. The lowest BCUT2D eigenvalue weighted by Gasteiger charge is -2.41. The predicted octanol–water partition coefficient (Wildman–Crippen LogP) is 4.77. The third-order valence-corrected chi connectivity index (χ3v) is 9.96. The minimum absolute atomic E-state index is 0.861. The minimum Gasteiger partial charge on any atom is -0.299 e. The van der Waals surface area contributed by atoms with Crippen LogP contribution in [0.1, 0.15) is 18.4 Å². The Bertz CT molecular complexity index is 409. The second-order valence-electron chi connectivity index (χ2n) is 8.50. The molecule has 20 heavy (non-hydrogen) atoms. The molecule has 0 aliphatic carbocycles. The zero-order valence-electron chi connectivity index (χ0n) is 14.1. The molecule has 1 aromatic carbocycles. The van der Waals surface area contributed by atoms with Crippen molar-refractivity contribution < 1.29 is 0 Å². The molecule has 0 saturated carbocycles. The highest BCUT2D eigenvalue weighted by Gasteiger charge is 2.45. The first-order valence-corrected chi connectivity index (χ1v) is 15.1. The Labute approximate surface area is 127 Å². The van der Waals surface area contributed by atoms with Crippen LogP contribution in [0.4, 0.5) is 0 Å². The van der Waals surface area contributed by atoms with E-state index in [1.54, 1.807) is 0 Å². The SMILES string of the molecule is C[Si](C)(C)[C@@H]1CC[C@H]([Si](C)(C)C)N1Cc1ccccc1. The van der Waals surface area contributed by atoms with Crippen LogP contribution in [-0.2, 0) is 6.54 Å². The van der Waals surface area contributed by atoms with Gasteiger partial charge in [-0.15, -0.1) is 0 Å². The van der Waals surface area contributed by atoms with Crippen molar-refractivity contribution in [1.82, 2.24) is 4.90 Å². The molecule has 1 aromatic rings. The molecule has 2 rings (SSSR count). The van der Waals surface area contributed by atoms with Crippen molar-refractivity contribution in [3.63, 3.8) is 0 Å². The maximum absolute atomic E-state index is 2.90. The summed E-state index contributed by atoms with van der Waals surface area (Å²) in [5, 5.41) is 0. The Kier molecular flexibility index (Phi) is 4.62. The van der Waals surface area contributed by atoms with Gasteiger partial charge in [-0.05, 0) is 18.4 Å². The van der Waals surface area contributed by atoms with Gasteiger partial charge in [0.15, 0.2) is 0 Å². The molecule has 1 heterocycles. The smallest absolute Gasteiger partial charge is 0.0638 e. The molecule has 2 atom stereocenters. The van der Waals surface area contributed by atoms with Crippen molar-refractivity contribution in [3.05, 3.63) is 35.9 Å². The van der Waals surface area contributed by atoms with Crippen molar-refractivity contribution >= 4 is 16.1 Å². The summed E-state index contributed by atoms with van der Waals surface area (Å²) in [6, 6.07) is 11.1. The Morgan fingerprint density at radius 1 is 0.850 bits per heavy atom. The second kappa shape index (κ2) is 5.78. The van der Waals surface area contributed by atoms with Crippen LogP contribution in [-0.4, -0.2) is 32.4 Å². The number of benzene rings is 1. The van der Waals surface area contributed by atoms with Gasteiger partial charge in [0.2, 0.25) is 0 Å². The molecule has 1 aliphatic heterocycles. The first-order chi connectivity index (χ1) is 9.19. The molecule has 1 saturated heterocycles. The molecule has 0 amide bonds. The zero-order valence-corrected chi connectivity index (χ0v) is 16.1. The van der Waals surface area contributed by atoms with Crippen LogP contribution in [0.2, 0.25) is 39.3 Å². The second-order valence-corrected chi connectivity index (χ2v) is 19.3. The van der Waals surface area contributed by atoms with E-state index in [0.29, 0.717) is 0 Å². The monoisotopic (exact) mass is 305 g/mol. The summed E-state index contributed by atoms with van der Waals surface area (Å²) < 4.78 is 0. The maximum atomic E-state index is 2.90. The lowest BCUT2D eigenvalue weighted by atomic mass is 10.2. The highest BCUT2D eigenvalue weighted by molar-refractivity contribution is 6.79. The lowest BCUT2D eigenvalue weighted by molar-refractivity contribution is 0.264. The molecular formula is C17H31NSi2. The van der Waals surface area contributed by atoms with Gasteiger partial charge in [-0.2, -0.15) is 0 Å². The quantitative estimate of drug-likeness (QED) is 0.724. The first kappa shape index (κ1) is 16.0. The minimum atomic E-state index is -1.11.